The molecule has 0 aliphatic heterocycles. The second-order valence-electron chi connectivity index (χ2n) is 2.66. The number of hydrogen-bond acceptors (Lipinski definition) is 3. The first kappa shape index (κ1) is 10.2. The van der Waals surface area contributed by atoms with Crippen LogP contribution in [0.2, 0.25) is 0 Å². The number of nitriles is 1. The first-order valence-corrected chi connectivity index (χ1v) is 4.08. The predicted molar refractivity (Wildman–Crippen MR) is 43.7 cm³/mol. The quantitative estimate of drug-likeness (QED) is 0.443. The lowest BCUT2D eigenvalue weighted by molar-refractivity contribution is 0.251. The maximum absolute atomic E-state index is 8.65. The summed E-state index contributed by atoms with van der Waals surface area (Å²) < 4.78 is 0. The van der Waals surface area contributed by atoms with Gasteiger partial charge in [-0.2, -0.15) is 5.26 Å². The van der Waals surface area contributed by atoms with Crippen molar-refractivity contribution in [2.24, 2.45) is 5.92 Å². The summed E-state index contributed by atoms with van der Waals surface area (Å²) in [6, 6.07) is 0. The van der Waals surface area contributed by atoms with E-state index in [2.05, 4.69) is 12.2 Å². The standard InChI is InChI=1S/C8H16N2O/c1-2-3-8(4-5-11)6-10-7-9/h8,10-11H,2-6H2,1H3. The highest BCUT2D eigenvalue weighted by atomic mass is 16.3. The van der Waals surface area contributed by atoms with Crippen LogP contribution in [0.1, 0.15) is 26.2 Å². The van der Waals surface area contributed by atoms with Gasteiger partial charge in [0.2, 0.25) is 0 Å². The van der Waals surface area contributed by atoms with Crippen molar-refractivity contribution in [1.82, 2.24) is 5.32 Å². The van der Waals surface area contributed by atoms with Crippen LogP contribution in [0.15, 0.2) is 0 Å². The van der Waals surface area contributed by atoms with Crippen LogP contribution < -0.4 is 5.32 Å². The van der Waals surface area contributed by atoms with Crippen molar-refractivity contribution in [2.75, 3.05) is 13.2 Å². The molecule has 0 radical (unpaired) electrons. The van der Waals surface area contributed by atoms with Gasteiger partial charge in [0.15, 0.2) is 6.19 Å². The summed E-state index contributed by atoms with van der Waals surface area (Å²) in [6.07, 6.45) is 4.87. The molecule has 3 nitrogen and oxygen atoms in total. The maximum atomic E-state index is 8.65. The minimum absolute atomic E-state index is 0.220. The fourth-order valence-corrected chi connectivity index (χ4v) is 1.13. The van der Waals surface area contributed by atoms with Gasteiger partial charge in [0.1, 0.15) is 0 Å². The van der Waals surface area contributed by atoms with Crippen molar-refractivity contribution >= 4 is 0 Å². The zero-order chi connectivity index (χ0) is 8.53. The Balaban J connectivity index is 3.44. The zero-order valence-corrected chi connectivity index (χ0v) is 7.01. The Hall–Kier alpha value is -0.750. The summed E-state index contributed by atoms with van der Waals surface area (Å²) >= 11 is 0. The van der Waals surface area contributed by atoms with E-state index in [0.717, 1.165) is 19.3 Å². The normalized spacial score (nSPS) is 12.1. The predicted octanol–water partition coefficient (Wildman–Crippen LogP) is 0.856. The average Bonchev–Trinajstić information content (AvgIpc) is 2.01. The summed E-state index contributed by atoms with van der Waals surface area (Å²) in [5.41, 5.74) is 0. The molecular weight excluding hydrogens is 140 g/mol. The number of aliphatic hydroxyl groups excluding tert-OH is 1. The molecule has 11 heavy (non-hydrogen) atoms. The van der Waals surface area contributed by atoms with Gasteiger partial charge in [-0.05, 0) is 18.8 Å². The van der Waals surface area contributed by atoms with Crippen LogP contribution in [0.3, 0.4) is 0 Å². The summed E-state index contributed by atoms with van der Waals surface area (Å²) in [5.74, 6) is 0.449. The summed E-state index contributed by atoms with van der Waals surface area (Å²) in [4.78, 5) is 0. The molecule has 0 fully saturated rings. The third-order valence-corrected chi connectivity index (χ3v) is 1.70. The number of hydrogen-bond donors (Lipinski definition) is 2. The number of rotatable bonds is 6. The average molecular weight is 156 g/mol. The lowest BCUT2D eigenvalue weighted by Crippen LogP contribution is -2.19. The Morgan fingerprint density at radius 1 is 1.55 bits per heavy atom. The van der Waals surface area contributed by atoms with E-state index in [0.29, 0.717) is 12.5 Å². The highest BCUT2D eigenvalue weighted by Gasteiger charge is 2.05. The zero-order valence-electron chi connectivity index (χ0n) is 7.01. The van der Waals surface area contributed by atoms with Gasteiger partial charge >= 0.3 is 0 Å². The fraction of sp³-hybridized carbons (Fsp3) is 0.875. The molecule has 0 heterocycles. The van der Waals surface area contributed by atoms with E-state index in [9.17, 15) is 0 Å². The largest absolute Gasteiger partial charge is 0.396 e. The summed E-state index contributed by atoms with van der Waals surface area (Å²) in [5, 5.41) is 19.5. The van der Waals surface area contributed by atoms with E-state index in [1.54, 1.807) is 0 Å². The van der Waals surface area contributed by atoms with Crippen molar-refractivity contribution in [3.63, 3.8) is 0 Å². The molecular formula is C8H16N2O. The molecule has 3 heteroatoms. The van der Waals surface area contributed by atoms with Crippen LogP contribution in [0.4, 0.5) is 0 Å². The van der Waals surface area contributed by atoms with Crippen molar-refractivity contribution in [3.8, 4) is 6.19 Å². The molecule has 2 N–H and O–H groups in total. The Morgan fingerprint density at radius 3 is 2.73 bits per heavy atom. The highest BCUT2D eigenvalue weighted by Crippen LogP contribution is 2.08. The molecule has 0 spiro atoms. The van der Waals surface area contributed by atoms with Gasteiger partial charge in [-0.1, -0.05) is 13.3 Å². The van der Waals surface area contributed by atoms with Crippen LogP contribution in [0.5, 0.6) is 0 Å². The molecule has 0 saturated carbocycles. The Labute approximate surface area is 68.0 Å². The van der Waals surface area contributed by atoms with E-state index in [4.69, 9.17) is 10.4 Å². The topological polar surface area (TPSA) is 56.0 Å². The minimum atomic E-state index is 0.220. The van der Waals surface area contributed by atoms with E-state index in [1.807, 2.05) is 6.19 Å². The highest BCUT2D eigenvalue weighted by molar-refractivity contribution is 4.69. The van der Waals surface area contributed by atoms with Gasteiger partial charge in [0.05, 0.1) is 0 Å². The van der Waals surface area contributed by atoms with Crippen molar-refractivity contribution in [1.29, 1.82) is 5.26 Å². The smallest absolute Gasteiger partial charge is 0.176 e. The molecule has 1 atom stereocenters. The third-order valence-electron chi connectivity index (χ3n) is 1.70. The molecule has 0 aliphatic rings. The molecule has 0 rings (SSSR count). The second-order valence-corrected chi connectivity index (χ2v) is 2.66. The summed E-state index contributed by atoms with van der Waals surface area (Å²) in [6.45, 7) is 3.03. The number of aliphatic hydroxyl groups is 1. The minimum Gasteiger partial charge on any atom is -0.396 e. The van der Waals surface area contributed by atoms with E-state index in [1.165, 1.54) is 0 Å². The van der Waals surface area contributed by atoms with Crippen LogP contribution >= 0.6 is 0 Å². The SMILES string of the molecule is CCCC(CCO)CNC#N. The Bertz CT molecular complexity index is 114. The van der Waals surface area contributed by atoms with Crippen molar-refractivity contribution in [2.45, 2.75) is 26.2 Å². The first-order chi connectivity index (χ1) is 5.35. The molecule has 0 saturated heterocycles. The van der Waals surface area contributed by atoms with Crippen LogP contribution in [-0.2, 0) is 0 Å². The van der Waals surface area contributed by atoms with Gasteiger partial charge in [-0.25, -0.2) is 0 Å². The van der Waals surface area contributed by atoms with E-state index < -0.39 is 0 Å². The van der Waals surface area contributed by atoms with Gasteiger partial charge in [0, 0.05) is 13.2 Å². The first-order valence-electron chi connectivity index (χ1n) is 4.08. The summed E-state index contributed by atoms with van der Waals surface area (Å²) in [7, 11) is 0. The van der Waals surface area contributed by atoms with Gasteiger partial charge < -0.3 is 10.4 Å². The van der Waals surface area contributed by atoms with Crippen LogP contribution in [-0.4, -0.2) is 18.3 Å². The monoisotopic (exact) mass is 156 g/mol. The lowest BCUT2D eigenvalue weighted by atomic mass is 10.0. The van der Waals surface area contributed by atoms with Gasteiger partial charge in [0.25, 0.3) is 0 Å². The van der Waals surface area contributed by atoms with Gasteiger partial charge in [-0.15, -0.1) is 0 Å². The maximum Gasteiger partial charge on any atom is 0.176 e. The third kappa shape index (κ3) is 5.68. The molecule has 0 aliphatic carbocycles. The van der Waals surface area contributed by atoms with Crippen LogP contribution in [0.25, 0.3) is 0 Å². The van der Waals surface area contributed by atoms with Crippen molar-refractivity contribution < 1.29 is 5.11 Å². The molecule has 0 aromatic carbocycles. The van der Waals surface area contributed by atoms with E-state index in [-0.39, 0.29) is 6.61 Å². The second kappa shape index (κ2) is 7.36. The Morgan fingerprint density at radius 2 is 2.27 bits per heavy atom. The molecule has 0 bridgehead atoms. The molecule has 0 aromatic rings. The number of nitrogens with one attached hydrogen (secondary N) is 1. The Kier molecular flexibility index (Phi) is 6.86. The van der Waals surface area contributed by atoms with Gasteiger partial charge in [-0.3, -0.25) is 0 Å². The lowest BCUT2D eigenvalue weighted by Gasteiger charge is -2.12. The molecule has 0 amide bonds. The molecule has 64 valence electrons. The van der Waals surface area contributed by atoms with Crippen molar-refractivity contribution in [3.05, 3.63) is 0 Å². The fourth-order valence-electron chi connectivity index (χ4n) is 1.13. The molecule has 1 unspecified atom stereocenters. The molecule has 0 aromatic heterocycles. The van der Waals surface area contributed by atoms with E-state index >= 15 is 0 Å². The number of nitrogens with zero attached hydrogens (tertiary/aromatic N) is 1. The van der Waals surface area contributed by atoms with Crippen LogP contribution in [0, 0.1) is 17.4 Å².